The monoisotopic (exact) mass is 217 g/mol. The minimum Gasteiger partial charge on any atom is -0.505 e. The Balaban J connectivity index is 2.42. The largest absolute Gasteiger partial charge is 0.505 e. The Morgan fingerprint density at radius 3 is 2.62 bits per heavy atom. The predicted molar refractivity (Wildman–Crippen MR) is 59.2 cm³/mol. The van der Waals surface area contributed by atoms with E-state index in [4.69, 9.17) is 0 Å². The number of H-pyrrole nitrogens is 1. The highest BCUT2D eigenvalue weighted by Gasteiger charge is 2.15. The Hall–Kier alpha value is -2.23. The summed E-state index contributed by atoms with van der Waals surface area (Å²) in [6.45, 7) is 0. The van der Waals surface area contributed by atoms with Crippen molar-refractivity contribution in [3.63, 3.8) is 0 Å². The maximum atomic E-state index is 11.3. The third-order valence-corrected chi connectivity index (χ3v) is 2.27. The summed E-state index contributed by atoms with van der Waals surface area (Å²) in [4.78, 5) is 14.1. The minimum absolute atomic E-state index is 0.0707. The van der Waals surface area contributed by atoms with Crippen LogP contribution in [0.1, 0.15) is 10.5 Å². The Bertz CT molecular complexity index is 502. The fraction of sp³-hybridized carbons (Fsp3) is 0.0833. The zero-order valence-corrected chi connectivity index (χ0v) is 8.73. The topological polar surface area (TPSA) is 62.3 Å². The van der Waals surface area contributed by atoms with Crippen molar-refractivity contribution in [3.05, 3.63) is 42.1 Å². The molecule has 1 heterocycles. The molecule has 0 fully saturated rings. The zero-order chi connectivity index (χ0) is 11.5. The molecule has 0 unspecified atom stereocenters. The summed E-state index contributed by atoms with van der Waals surface area (Å²) in [6, 6.07) is 10.9. The van der Waals surface area contributed by atoms with Gasteiger partial charge in [0.1, 0.15) is 5.75 Å². The lowest BCUT2D eigenvalue weighted by atomic mass is 10.2. The van der Waals surface area contributed by atoms with Gasteiger partial charge in [-0.25, -0.2) is 4.79 Å². The molecule has 0 bridgehead atoms. The molecule has 0 aliphatic heterocycles. The lowest BCUT2D eigenvalue weighted by Crippen LogP contribution is -2.01. The normalized spacial score (nSPS) is 10.1. The molecule has 1 aromatic heterocycles. The van der Waals surface area contributed by atoms with Gasteiger partial charge in [-0.3, -0.25) is 0 Å². The lowest BCUT2D eigenvalue weighted by Gasteiger charge is -1.97. The maximum Gasteiger partial charge on any atom is 0.358 e. The van der Waals surface area contributed by atoms with Gasteiger partial charge in [0.05, 0.1) is 7.11 Å². The summed E-state index contributed by atoms with van der Waals surface area (Å²) in [7, 11) is 1.27. The summed E-state index contributed by atoms with van der Waals surface area (Å²) >= 11 is 0. The molecule has 2 aromatic rings. The van der Waals surface area contributed by atoms with Gasteiger partial charge in [0, 0.05) is 11.8 Å². The number of esters is 1. The van der Waals surface area contributed by atoms with Gasteiger partial charge in [0.2, 0.25) is 0 Å². The van der Waals surface area contributed by atoms with Crippen molar-refractivity contribution in [2.45, 2.75) is 0 Å². The van der Waals surface area contributed by atoms with Crippen LogP contribution >= 0.6 is 0 Å². The van der Waals surface area contributed by atoms with Crippen LogP contribution in [0.3, 0.4) is 0 Å². The van der Waals surface area contributed by atoms with E-state index < -0.39 is 5.97 Å². The van der Waals surface area contributed by atoms with Crippen LogP contribution in [0.2, 0.25) is 0 Å². The second-order valence-electron chi connectivity index (χ2n) is 3.30. The van der Waals surface area contributed by atoms with Crippen LogP contribution in [-0.2, 0) is 4.74 Å². The predicted octanol–water partition coefficient (Wildman–Crippen LogP) is 2.17. The van der Waals surface area contributed by atoms with Crippen molar-refractivity contribution in [2.24, 2.45) is 0 Å². The molecule has 0 amide bonds. The fourth-order valence-electron chi connectivity index (χ4n) is 1.47. The smallest absolute Gasteiger partial charge is 0.358 e. The highest BCUT2D eigenvalue weighted by molar-refractivity contribution is 5.91. The lowest BCUT2D eigenvalue weighted by molar-refractivity contribution is 0.0591. The number of rotatable bonds is 2. The van der Waals surface area contributed by atoms with Crippen LogP contribution < -0.4 is 0 Å². The van der Waals surface area contributed by atoms with Crippen molar-refractivity contribution >= 4 is 5.97 Å². The number of hydrogen-bond donors (Lipinski definition) is 2. The number of benzene rings is 1. The van der Waals surface area contributed by atoms with Gasteiger partial charge in [-0.2, -0.15) is 0 Å². The fourth-order valence-corrected chi connectivity index (χ4v) is 1.47. The Labute approximate surface area is 92.5 Å². The van der Waals surface area contributed by atoms with Gasteiger partial charge < -0.3 is 14.8 Å². The molecular weight excluding hydrogens is 206 g/mol. The molecule has 82 valence electrons. The second kappa shape index (κ2) is 4.10. The molecule has 0 atom stereocenters. The zero-order valence-electron chi connectivity index (χ0n) is 8.73. The van der Waals surface area contributed by atoms with Gasteiger partial charge in [-0.1, -0.05) is 30.3 Å². The number of hydrogen-bond acceptors (Lipinski definition) is 3. The first-order valence-electron chi connectivity index (χ1n) is 4.78. The highest BCUT2D eigenvalue weighted by Crippen LogP contribution is 2.26. The highest BCUT2D eigenvalue weighted by atomic mass is 16.5. The second-order valence-corrected chi connectivity index (χ2v) is 3.30. The van der Waals surface area contributed by atoms with Crippen molar-refractivity contribution < 1.29 is 14.6 Å². The number of nitrogens with one attached hydrogen (secondary N) is 1. The van der Waals surface area contributed by atoms with Gasteiger partial charge in [0.15, 0.2) is 5.69 Å². The summed E-state index contributed by atoms with van der Waals surface area (Å²) < 4.78 is 4.54. The number of ether oxygens (including phenoxy) is 1. The van der Waals surface area contributed by atoms with E-state index >= 15 is 0 Å². The van der Waals surface area contributed by atoms with Crippen molar-refractivity contribution in [2.75, 3.05) is 7.11 Å². The number of carbonyl (C=O) groups is 1. The van der Waals surface area contributed by atoms with E-state index in [0.29, 0.717) is 5.69 Å². The number of aromatic amines is 1. The van der Waals surface area contributed by atoms with E-state index in [2.05, 4.69) is 9.72 Å². The first-order valence-corrected chi connectivity index (χ1v) is 4.78. The third kappa shape index (κ3) is 1.77. The van der Waals surface area contributed by atoms with Crippen molar-refractivity contribution in [3.8, 4) is 17.0 Å². The number of aromatic nitrogens is 1. The molecular formula is C12H11NO3. The maximum absolute atomic E-state index is 11.3. The Kier molecular flexibility index (Phi) is 2.64. The first-order chi connectivity index (χ1) is 7.72. The molecule has 16 heavy (non-hydrogen) atoms. The SMILES string of the molecule is COC(=O)c1[nH]c(-c2ccccc2)cc1O. The summed E-state index contributed by atoms with van der Waals surface area (Å²) in [5.41, 5.74) is 1.65. The van der Waals surface area contributed by atoms with Crippen molar-refractivity contribution in [1.82, 2.24) is 4.98 Å². The molecule has 0 spiro atoms. The van der Waals surface area contributed by atoms with E-state index in [1.165, 1.54) is 13.2 Å². The summed E-state index contributed by atoms with van der Waals surface area (Å²) in [5.74, 6) is -0.689. The molecule has 0 saturated heterocycles. The van der Waals surface area contributed by atoms with Gasteiger partial charge in [0.25, 0.3) is 0 Å². The standard InChI is InChI=1S/C12H11NO3/c1-16-12(15)11-10(14)7-9(13-11)8-5-3-2-4-6-8/h2-7,13-14H,1H3. The molecule has 0 saturated carbocycles. The first kappa shape index (κ1) is 10.3. The number of aromatic hydroxyl groups is 1. The van der Waals surface area contributed by atoms with Crippen LogP contribution in [0.25, 0.3) is 11.3 Å². The van der Waals surface area contributed by atoms with Crippen LogP contribution in [0.5, 0.6) is 5.75 Å². The van der Waals surface area contributed by atoms with Gasteiger partial charge in [-0.15, -0.1) is 0 Å². The molecule has 4 heteroatoms. The van der Waals surface area contributed by atoms with E-state index in [9.17, 15) is 9.90 Å². The molecule has 1 aromatic carbocycles. The average molecular weight is 217 g/mol. The molecule has 0 radical (unpaired) electrons. The van der Waals surface area contributed by atoms with Gasteiger partial charge >= 0.3 is 5.97 Å². The Morgan fingerprint density at radius 1 is 1.31 bits per heavy atom. The quantitative estimate of drug-likeness (QED) is 0.758. The van der Waals surface area contributed by atoms with E-state index in [-0.39, 0.29) is 11.4 Å². The van der Waals surface area contributed by atoms with Crippen LogP contribution in [-0.4, -0.2) is 23.2 Å². The van der Waals surface area contributed by atoms with Crippen molar-refractivity contribution in [1.29, 1.82) is 0 Å². The van der Waals surface area contributed by atoms with Crippen LogP contribution in [0.4, 0.5) is 0 Å². The summed E-state index contributed by atoms with van der Waals surface area (Å²) in [6.07, 6.45) is 0. The molecule has 4 nitrogen and oxygen atoms in total. The molecule has 0 aliphatic carbocycles. The molecule has 2 N–H and O–H groups in total. The van der Waals surface area contributed by atoms with E-state index in [0.717, 1.165) is 5.56 Å². The summed E-state index contributed by atoms with van der Waals surface area (Å²) in [5, 5.41) is 9.56. The number of methoxy groups -OCH3 is 1. The van der Waals surface area contributed by atoms with E-state index in [1.54, 1.807) is 0 Å². The number of carbonyl (C=O) groups excluding carboxylic acids is 1. The van der Waals surface area contributed by atoms with Crippen LogP contribution in [0.15, 0.2) is 36.4 Å². The Morgan fingerprint density at radius 2 is 2.00 bits per heavy atom. The molecule has 0 aliphatic rings. The minimum atomic E-state index is -0.584. The van der Waals surface area contributed by atoms with Gasteiger partial charge in [-0.05, 0) is 5.56 Å². The molecule has 2 rings (SSSR count). The van der Waals surface area contributed by atoms with Crippen LogP contribution in [0, 0.1) is 0 Å². The van der Waals surface area contributed by atoms with E-state index in [1.807, 2.05) is 30.3 Å². The third-order valence-electron chi connectivity index (χ3n) is 2.27. The average Bonchev–Trinajstić information content (AvgIpc) is 2.71.